The molecule has 0 saturated heterocycles. The number of nitrogens with zero attached hydrogens (tertiary/aromatic N) is 1. The van der Waals surface area contributed by atoms with Gasteiger partial charge in [0.15, 0.2) is 0 Å². The first-order valence-corrected chi connectivity index (χ1v) is 7.00. The molecule has 0 heterocycles. The van der Waals surface area contributed by atoms with Crippen molar-refractivity contribution in [1.82, 2.24) is 10.2 Å². The van der Waals surface area contributed by atoms with Crippen molar-refractivity contribution in [3.8, 4) is 0 Å². The Kier molecular flexibility index (Phi) is 6.98. The Labute approximate surface area is 121 Å². The van der Waals surface area contributed by atoms with Crippen LogP contribution in [-0.4, -0.2) is 42.2 Å². The third-order valence-corrected chi connectivity index (χ3v) is 3.42. The molecule has 0 aromatic heterocycles. The number of carboxylic acid groups (broad SMARTS) is 1. The van der Waals surface area contributed by atoms with E-state index in [0.717, 1.165) is 13.1 Å². The summed E-state index contributed by atoms with van der Waals surface area (Å²) in [6.45, 7) is 10.7. The van der Waals surface area contributed by atoms with Gasteiger partial charge in [-0.15, -0.1) is 0 Å². The number of benzene rings is 1. The summed E-state index contributed by atoms with van der Waals surface area (Å²) in [4.78, 5) is 13.1. The van der Waals surface area contributed by atoms with Gasteiger partial charge in [-0.3, -0.25) is 4.90 Å². The minimum Gasteiger partial charge on any atom is -0.478 e. The fraction of sp³-hybridized carbons (Fsp3) is 0.438. The van der Waals surface area contributed by atoms with Crippen LogP contribution < -0.4 is 5.32 Å². The molecule has 0 amide bonds. The summed E-state index contributed by atoms with van der Waals surface area (Å²) in [6.07, 6.45) is 0. The third kappa shape index (κ3) is 4.79. The maximum atomic E-state index is 10.7. The van der Waals surface area contributed by atoms with Crippen LogP contribution in [0.5, 0.6) is 0 Å². The number of carboxylic acids is 1. The highest BCUT2D eigenvalue weighted by molar-refractivity contribution is 5.86. The molecular formula is C16H24N2O2. The normalized spacial score (nSPS) is 12.3. The standard InChI is InChI=1S/C16H24N2O2/c1-4-18(5-2)15(14-9-7-6-8-10-14)12-17-11-13(3)16(19)20/h6-10,15,17H,3-5,11-12H2,1-2H3,(H,19,20). The molecular weight excluding hydrogens is 252 g/mol. The summed E-state index contributed by atoms with van der Waals surface area (Å²) in [6, 6.07) is 10.5. The van der Waals surface area contributed by atoms with Crippen molar-refractivity contribution in [1.29, 1.82) is 0 Å². The van der Waals surface area contributed by atoms with Crippen LogP contribution in [0.1, 0.15) is 25.5 Å². The van der Waals surface area contributed by atoms with Crippen LogP contribution in [0, 0.1) is 0 Å². The van der Waals surface area contributed by atoms with Crippen molar-refractivity contribution in [3.05, 3.63) is 48.0 Å². The Balaban J connectivity index is 2.69. The van der Waals surface area contributed by atoms with E-state index in [0.29, 0.717) is 13.1 Å². The molecule has 2 N–H and O–H groups in total. The molecule has 0 aliphatic carbocycles. The summed E-state index contributed by atoms with van der Waals surface area (Å²) >= 11 is 0. The van der Waals surface area contributed by atoms with E-state index in [-0.39, 0.29) is 11.6 Å². The zero-order valence-electron chi connectivity index (χ0n) is 12.3. The molecule has 1 aromatic carbocycles. The summed E-state index contributed by atoms with van der Waals surface area (Å²) in [7, 11) is 0. The molecule has 0 radical (unpaired) electrons. The first-order valence-electron chi connectivity index (χ1n) is 7.00. The molecule has 4 nitrogen and oxygen atoms in total. The highest BCUT2D eigenvalue weighted by Gasteiger charge is 2.17. The van der Waals surface area contributed by atoms with Crippen LogP contribution in [0.3, 0.4) is 0 Å². The fourth-order valence-corrected chi connectivity index (χ4v) is 2.23. The molecule has 4 heteroatoms. The fourth-order valence-electron chi connectivity index (χ4n) is 2.23. The summed E-state index contributed by atoms with van der Waals surface area (Å²) in [5.74, 6) is -0.948. The van der Waals surface area contributed by atoms with Gasteiger partial charge >= 0.3 is 5.97 Å². The molecule has 1 rings (SSSR count). The van der Waals surface area contributed by atoms with E-state index < -0.39 is 5.97 Å². The minimum absolute atomic E-state index is 0.191. The van der Waals surface area contributed by atoms with Crippen molar-refractivity contribution in [2.75, 3.05) is 26.2 Å². The van der Waals surface area contributed by atoms with E-state index in [1.807, 2.05) is 18.2 Å². The number of hydrogen-bond acceptors (Lipinski definition) is 3. The zero-order chi connectivity index (χ0) is 15.0. The Bertz CT molecular complexity index is 427. The molecule has 20 heavy (non-hydrogen) atoms. The number of nitrogens with one attached hydrogen (secondary N) is 1. The molecule has 0 aliphatic heterocycles. The van der Waals surface area contributed by atoms with Gasteiger partial charge in [0, 0.05) is 24.7 Å². The van der Waals surface area contributed by atoms with Crippen molar-refractivity contribution < 1.29 is 9.90 Å². The van der Waals surface area contributed by atoms with E-state index in [1.54, 1.807) is 0 Å². The van der Waals surface area contributed by atoms with Gasteiger partial charge in [0.05, 0.1) is 0 Å². The second-order valence-electron chi connectivity index (χ2n) is 4.69. The highest BCUT2D eigenvalue weighted by atomic mass is 16.4. The van der Waals surface area contributed by atoms with E-state index in [2.05, 4.69) is 42.8 Å². The first-order chi connectivity index (χ1) is 9.60. The molecule has 1 unspecified atom stereocenters. The average Bonchev–Trinajstić information content (AvgIpc) is 2.47. The van der Waals surface area contributed by atoms with Crippen LogP contribution >= 0.6 is 0 Å². The van der Waals surface area contributed by atoms with Crippen LogP contribution in [0.25, 0.3) is 0 Å². The van der Waals surface area contributed by atoms with Crippen LogP contribution in [0.4, 0.5) is 0 Å². The Morgan fingerprint density at radius 1 is 1.30 bits per heavy atom. The maximum Gasteiger partial charge on any atom is 0.332 e. The van der Waals surface area contributed by atoms with Crippen LogP contribution in [0.2, 0.25) is 0 Å². The Morgan fingerprint density at radius 3 is 2.40 bits per heavy atom. The zero-order valence-corrected chi connectivity index (χ0v) is 12.3. The van der Waals surface area contributed by atoms with Crippen LogP contribution in [-0.2, 0) is 4.79 Å². The lowest BCUT2D eigenvalue weighted by Gasteiger charge is -2.30. The molecule has 110 valence electrons. The Hall–Kier alpha value is -1.65. The third-order valence-electron chi connectivity index (χ3n) is 3.42. The van der Waals surface area contributed by atoms with Crippen LogP contribution in [0.15, 0.2) is 42.5 Å². The monoisotopic (exact) mass is 276 g/mol. The van der Waals surface area contributed by atoms with E-state index >= 15 is 0 Å². The predicted molar refractivity (Wildman–Crippen MR) is 81.7 cm³/mol. The van der Waals surface area contributed by atoms with Crippen molar-refractivity contribution >= 4 is 5.97 Å². The lowest BCUT2D eigenvalue weighted by atomic mass is 10.0. The van der Waals surface area contributed by atoms with Crippen molar-refractivity contribution in [3.63, 3.8) is 0 Å². The highest BCUT2D eigenvalue weighted by Crippen LogP contribution is 2.19. The molecule has 0 aliphatic rings. The smallest absolute Gasteiger partial charge is 0.332 e. The second kappa shape index (κ2) is 8.51. The van der Waals surface area contributed by atoms with Gasteiger partial charge < -0.3 is 10.4 Å². The van der Waals surface area contributed by atoms with Crippen molar-refractivity contribution in [2.45, 2.75) is 19.9 Å². The molecule has 0 fully saturated rings. The van der Waals surface area contributed by atoms with E-state index in [9.17, 15) is 4.79 Å². The molecule has 0 spiro atoms. The average molecular weight is 276 g/mol. The number of likely N-dealkylation sites (N-methyl/N-ethyl adjacent to an activating group) is 1. The van der Waals surface area contributed by atoms with Gasteiger partial charge in [0.25, 0.3) is 0 Å². The topological polar surface area (TPSA) is 52.6 Å². The Morgan fingerprint density at radius 2 is 1.90 bits per heavy atom. The van der Waals surface area contributed by atoms with Gasteiger partial charge in [-0.25, -0.2) is 4.79 Å². The van der Waals surface area contributed by atoms with Crippen molar-refractivity contribution in [2.24, 2.45) is 0 Å². The van der Waals surface area contributed by atoms with E-state index in [4.69, 9.17) is 5.11 Å². The quantitative estimate of drug-likeness (QED) is 0.680. The van der Waals surface area contributed by atoms with E-state index in [1.165, 1.54) is 5.56 Å². The maximum absolute atomic E-state index is 10.7. The summed E-state index contributed by atoms with van der Waals surface area (Å²) in [5, 5.41) is 12.0. The summed E-state index contributed by atoms with van der Waals surface area (Å²) in [5.41, 5.74) is 1.43. The molecule has 1 atom stereocenters. The number of hydrogen-bond donors (Lipinski definition) is 2. The first kappa shape index (κ1) is 16.4. The lowest BCUT2D eigenvalue weighted by Crippen LogP contribution is -2.36. The van der Waals surface area contributed by atoms with Gasteiger partial charge in [-0.1, -0.05) is 50.8 Å². The van der Waals surface area contributed by atoms with Gasteiger partial charge in [0.1, 0.15) is 0 Å². The largest absolute Gasteiger partial charge is 0.478 e. The molecule has 0 bridgehead atoms. The second-order valence-corrected chi connectivity index (χ2v) is 4.69. The minimum atomic E-state index is -0.948. The summed E-state index contributed by atoms with van der Waals surface area (Å²) < 4.78 is 0. The van der Waals surface area contributed by atoms with Gasteiger partial charge in [0.2, 0.25) is 0 Å². The van der Waals surface area contributed by atoms with Gasteiger partial charge in [-0.05, 0) is 18.7 Å². The predicted octanol–water partition coefficient (Wildman–Crippen LogP) is 2.30. The van der Waals surface area contributed by atoms with Gasteiger partial charge in [-0.2, -0.15) is 0 Å². The lowest BCUT2D eigenvalue weighted by molar-refractivity contribution is -0.132. The SMILES string of the molecule is C=C(CNCC(c1ccccc1)N(CC)CC)C(=O)O. The molecule has 1 aromatic rings. The molecule has 0 saturated carbocycles. The number of aliphatic carboxylic acids is 1. The number of rotatable bonds is 9. The number of carbonyl (C=O) groups is 1.